The van der Waals surface area contributed by atoms with E-state index >= 15 is 0 Å². The summed E-state index contributed by atoms with van der Waals surface area (Å²) in [5.41, 5.74) is -0.322. The Balaban J connectivity index is 2.78. The molecule has 19 heavy (non-hydrogen) atoms. The molecule has 0 spiro atoms. The van der Waals surface area contributed by atoms with Gasteiger partial charge in [0.2, 0.25) is 0 Å². The average molecular weight is 271 g/mol. The Hall–Kier alpha value is -2.02. The molecule has 104 valence electrons. The number of ether oxygens (including phenoxy) is 2. The lowest BCUT2D eigenvalue weighted by Gasteiger charge is -2.12. The number of carbonyl (C=O) groups is 1. The van der Waals surface area contributed by atoms with Crippen LogP contribution in [0.5, 0.6) is 0 Å². The van der Waals surface area contributed by atoms with Crippen LogP contribution in [0.1, 0.15) is 12.5 Å². The minimum Gasteiger partial charge on any atom is -0.460 e. The Morgan fingerprint density at radius 1 is 1.53 bits per heavy atom. The molecular formula is C12H14FNO5. The molecule has 1 rings (SSSR count). The van der Waals surface area contributed by atoms with E-state index in [1.54, 1.807) is 6.92 Å². The molecular weight excluding hydrogens is 257 g/mol. The third-order valence-corrected chi connectivity index (χ3v) is 2.31. The lowest BCUT2D eigenvalue weighted by atomic mass is 10.1. The molecule has 6 nitrogen and oxygen atoms in total. The van der Waals surface area contributed by atoms with E-state index in [1.807, 2.05) is 0 Å². The van der Waals surface area contributed by atoms with E-state index in [0.29, 0.717) is 0 Å². The van der Waals surface area contributed by atoms with Gasteiger partial charge >= 0.3 is 5.97 Å². The summed E-state index contributed by atoms with van der Waals surface area (Å²) in [6, 6.07) is 2.96. The van der Waals surface area contributed by atoms with Crippen LogP contribution in [-0.4, -0.2) is 30.7 Å². The molecule has 1 unspecified atom stereocenters. The fraction of sp³-hybridized carbons (Fsp3) is 0.417. The topological polar surface area (TPSA) is 78.7 Å². The van der Waals surface area contributed by atoms with Crippen molar-refractivity contribution in [1.29, 1.82) is 0 Å². The van der Waals surface area contributed by atoms with Gasteiger partial charge in [-0.05, 0) is 19.1 Å². The SMILES string of the molecule is COCC(C)OC(=O)Cc1cc(F)ccc1[N+](=O)[O-]. The molecule has 0 aromatic heterocycles. The van der Waals surface area contributed by atoms with Crippen LogP contribution in [0.4, 0.5) is 10.1 Å². The van der Waals surface area contributed by atoms with Crippen LogP contribution < -0.4 is 0 Å². The Labute approximate surface area is 109 Å². The molecule has 0 saturated carbocycles. The molecule has 0 saturated heterocycles. The third-order valence-electron chi connectivity index (χ3n) is 2.31. The number of esters is 1. The number of nitro groups is 1. The van der Waals surface area contributed by atoms with Gasteiger partial charge in [0.05, 0.1) is 18.0 Å². The van der Waals surface area contributed by atoms with Gasteiger partial charge in [-0.3, -0.25) is 14.9 Å². The van der Waals surface area contributed by atoms with Gasteiger partial charge in [0.25, 0.3) is 5.69 Å². The molecule has 0 heterocycles. The molecule has 0 aliphatic rings. The van der Waals surface area contributed by atoms with Crippen molar-refractivity contribution in [2.24, 2.45) is 0 Å². The van der Waals surface area contributed by atoms with Gasteiger partial charge < -0.3 is 9.47 Å². The first-order chi connectivity index (χ1) is 8.93. The summed E-state index contributed by atoms with van der Waals surface area (Å²) in [6.07, 6.45) is -0.826. The number of methoxy groups -OCH3 is 1. The highest BCUT2D eigenvalue weighted by molar-refractivity contribution is 5.74. The number of hydrogen-bond acceptors (Lipinski definition) is 5. The van der Waals surface area contributed by atoms with Crippen LogP contribution in [-0.2, 0) is 20.7 Å². The molecule has 0 aliphatic heterocycles. The highest BCUT2D eigenvalue weighted by Gasteiger charge is 2.19. The van der Waals surface area contributed by atoms with E-state index in [0.717, 1.165) is 18.2 Å². The largest absolute Gasteiger partial charge is 0.460 e. The summed E-state index contributed by atoms with van der Waals surface area (Å²) < 4.78 is 22.8. The molecule has 1 atom stereocenters. The van der Waals surface area contributed by atoms with Crippen molar-refractivity contribution in [3.63, 3.8) is 0 Å². The van der Waals surface area contributed by atoms with E-state index in [4.69, 9.17) is 9.47 Å². The van der Waals surface area contributed by atoms with Crippen molar-refractivity contribution in [3.8, 4) is 0 Å². The van der Waals surface area contributed by atoms with Crippen LogP contribution in [0.15, 0.2) is 18.2 Å². The fourth-order valence-corrected chi connectivity index (χ4v) is 1.56. The Bertz CT molecular complexity index is 477. The Morgan fingerprint density at radius 2 is 2.21 bits per heavy atom. The maximum absolute atomic E-state index is 13.0. The molecule has 7 heteroatoms. The number of nitro benzene ring substituents is 1. The van der Waals surface area contributed by atoms with E-state index in [2.05, 4.69) is 0 Å². The summed E-state index contributed by atoms with van der Waals surface area (Å²) in [7, 11) is 1.46. The van der Waals surface area contributed by atoms with Crippen LogP contribution >= 0.6 is 0 Å². The lowest BCUT2D eigenvalue weighted by molar-refractivity contribution is -0.385. The van der Waals surface area contributed by atoms with Crippen molar-refractivity contribution < 1.29 is 23.6 Å². The standard InChI is InChI=1S/C12H14FNO5/c1-8(7-18-2)19-12(15)6-9-5-10(13)3-4-11(9)14(16)17/h3-5,8H,6-7H2,1-2H3. The van der Waals surface area contributed by atoms with E-state index in [-0.39, 0.29) is 24.3 Å². The molecule has 0 fully saturated rings. The van der Waals surface area contributed by atoms with Gasteiger partial charge in [-0.15, -0.1) is 0 Å². The molecule has 1 aromatic rings. The zero-order valence-electron chi connectivity index (χ0n) is 10.6. The first kappa shape index (κ1) is 15.0. The van der Waals surface area contributed by atoms with Crippen LogP contribution in [0.3, 0.4) is 0 Å². The Morgan fingerprint density at radius 3 is 2.79 bits per heavy atom. The zero-order chi connectivity index (χ0) is 14.4. The van der Waals surface area contributed by atoms with Gasteiger partial charge in [0.1, 0.15) is 11.9 Å². The van der Waals surface area contributed by atoms with Crippen LogP contribution in [0, 0.1) is 15.9 Å². The second-order valence-corrected chi connectivity index (χ2v) is 3.96. The first-order valence-electron chi connectivity index (χ1n) is 5.55. The summed E-state index contributed by atoms with van der Waals surface area (Å²) in [5, 5.41) is 10.8. The number of benzene rings is 1. The number of nitrogens with zero attached hydrogens (tertiary/aromatic N) is 1. The molecule has 0 aliphatic carbocycles. The summed E-state index contributed by atoms with van der Waals surface area (Å²) in [5.74, 6) is -1.31. The highest BCUT2D eigenvalue weighted by Crippen LogP contribution is 2.20. The van der Waals surface area contributed by atoms with Crippen LogP contribution in [0.25, 0.3) is 0 Å². The van der Waals surface area contributed by atoms with Crippen molar-refractivity contribution in [1.82, 2.24) is 0 Å². The number of carbonyl (C=O) groups excluding carboxylic acids is 1. The second-order valence-electron chi connectivity index (χ2n) is 3.96. The highest BCUT2D eigenvalue weighted by atomic mass is 19.1. The molecule has 0 radical (unpaired) electrons. The van der Waals surface area contributed by atoms with Gasteiger partial charge in [-0.25, -0.2) is 4.39 Å². The average Bonchev–Trinajstić information content (AvgIpc) is 2.28. The van der Waals surface area contributed by atoms with Crippen molar-refractivity contribution in [3.05, 3.63) is 39.7 Å². The minimum atomic E-state index is -0.668. The van der Waals surface area contributed by atoms with E-state index < -0.39 is 22.8 Å². The summed E-state index contributed by atoms with van der Waals surface area (Å²) >= 11 is 0. The Kier molecular flexibility index (Phi) is 5.37. The first-order valence-corrected chi connectivity index (χ1v) is 5.55. The predicted molar refractivity (Wildman–Crippen MR) is 64.2 cm³/mol. The monoisotopic (exact) mass is 271 g/mol. The maximum Gasteiger partial charge on any atom is 0.310 e. The van der Waals surface area contributed by atoms with Crippen molar-refractivity contribution >= 4 is 11.7 Å². The van der Waals surface area contributed by atoms with Crippen molar-refractivity contribution in [2.75, 3.05) is 13.7 Å². The molecule has 0 N–H and O–H groups in total. The molecule has 0 amide bonds. The van der Waals surface area contributed by atoms with Gasteiger partial charge in [-0.1, -0.05) is 0 Å². The van der Waals surface area contributed by atoms with Crippen molar-refractivity contribution in [2.45, 2.75) is 19.4 Å². The normalized spacial score (nSPS) is 11.9. The van der Waals surface area contributed by atoms with Gasteiger partial charge in [-0.2, -0.15) is 0 Å². The summed E-state index contributed by atoms with van der Waals surface area (Å²) in [6.45, 7) is 1.85. The van der Waals surface area contributed by atoms with E-state index in [1.165, 1.54) is 7.11 Å². The quantitative estimate of drug-likeness (QED) is 0.448. The van der Waals surface area contributed by atoms with Gasteiger partial charge in [0.15, 0.2) is 0 Å². The van der Waals surface area contributed by atoms with Gasteiger partial charge in [0, 0.05) is 18.7 Å². The number of rotatable bonds is 6. The minimum absolute atomic E-state index is 0.0142. The number of halogens is 1. The third kappa shape index (κ3) is 4.63. The molecule has 1 aromatic carbocycles. The van der Waals surface area contributed by atoms with Crippen LogP contribution in [0.2, 0.25) is 0 Å². The maximum atomic E-state index is 13.0. The summed E-state index contributed by atoms with van der Waals surface area (Å²) in [4.78, 5) is 21.6. The zero-order valence-corrected chi connectivity index (χ0v) is 10.6. The van der Waals surface area contributed by atoms with E-state index in [9.17, 15) is 19.3 Å². The number of hydrogen-bond donors (Lipinski definition) is 0. The predicted octanol–water partition coefficient (Wildman–Crippen LogP) is 1.85. The lowest BCUT2D eigenvalue weighted by Crippen LogP contribution is -2.21. The molecule has 0 bridgehead atoms. The fourth-order valence-electron chi connectivity index (χ4n) is 1.56. The smallest absolute Gasteiger partial charge is 0.310 e. The second kappa shape index (κ2) is 6.79.